The van der Waals surface area contributed by atoms with Gasteiger partial charge in [-0.1, -0.05) is 50.6 Å². The zero-order valence-electron chi connectivity index (χ0n) is 10.9. The Balaban J connectivity index is 2.55. The minimum atomic E-state index is -3.26. The van der Waals surface area contributed by atoms with E-state index in [1.165, 1.54) is 0 Å². The lowest BCUT2D eigenvalue weighted by atomic mass is 10.1. The van der Waals surface area contributed by atoms with E-state index in [1.807, 2.05) is 44.2 Å². The Kier molecular flexibility index (Phi) is 5.54. The maximum atomic E-state index is 11.8. The van der Waals surface area contributed by atoms with Crippen molar-refractivity contribution in [2.75, 3.05) is 11.5 Å². The number of ketones is 1. The van der Waals surface area contributed by atoms with Gasteiger partial charge in [-0.05, 0) is 11.5 Å². The number of carbonyl (C=O) groups is 1. The van der Waals surface area contributed by atoms with E-state index in [0.29, 0.717) is 0 Å². The average molecular weight is 268 g/mol. The van der Waals surface area contributed by atoms with Crippen molar-refractivity contribution in [3.63, 3.8) is 0 Å². The van der Waals surface area contributed by atoms with Gasteiger partial charge in [-0.2, -0.15) is 0 Å². The van der Waals surface area contributed by atoms with Gasteiger partial charge >= 0.3 is 0 Å². The van der Waals surface area contributed by atoms with Crippen molar-refractivity contribution < 1.29 is 13.2 Å². The van der Waals surface area contributed by atoms with Gasteiger partial charge in [0.25, 0.3) is 0 Å². The Morgan fingerprint density at radius 3 is 2.39 bits per heavy atom. The van der Waals surface area contributed by atoms with Crippen LogP contribution in [-0.4, -0.2) is 25.7 Å². The van der Waals surface area contributed by atoms with E-state index in [4.69, 9.17) is 0 Å². The van der Waals surface area contributed by atoms with Crippen molar-refractivity contribution in [2.45, 2.75) is 26.7 Å². The van der Waals surface area contributed by atoms with Crippen LogP contribution < -0.4 is 0 Å². The molecule has 0 heterocycles. The van der Waals surface area contributed by atoms with Gasteiger partial charge in [0.15, 0.2) is 15.6 Å². The predicted molar refractivity (Wildman–Crippen MR) is 73.3 cm³/mol. The summed E-state index contributed by atoms with van der Waals surface area (Å²) in [6, 6.07) is 9.22. The highest BCUT2D eigenvalue weighted by molar-refractivity contribution is 7.92. The summed E-state index contributed by atoms with van der Waals surface area (Å²) >= 11 is 0. The first-order chi connectivity index (χ1) is 8.43. The fraction of sp³-hybridized carbons (Fsp3) is 0.500. The zero-order chi connectivity index (χ0) is 13.6. The highest BCUT2D eigenvalue weighted by Crippen LogP contribution is 2.08. The van der Waals surface area contributed by atoms with Crippen molar-refractivity contribution >= 4 is 15.6 Å². The molecule has 0 spiro atoms. The number of hydrogen-bond acceptors (Lipinski definition) is 3. The Labute approximate surface area is 109 Å². The van der Waals surface area contributed by atoms with Crippen LogP contribution in [0.3, 0.4) is 0 Å². The second-order valence-electron chi connectivity index (χ2n) is 4.77. The first-order valence-corrected chi connectivity index (χ1v) is 8.01. The highest BCUT2D eigenvalue weighted by Gasteiger charge is 2.19. The highest BCUT2D eigenvalue weighted by atomic mass is 32.2. The number of benzene rings is 1. The van der Waals surface area contributed by atoms with Crippen LogP contribution in [0, 0.1) is 5.92 Å². The van der Waals surface area contributed by atoms with Gasteiger partial charge in [-0.25, -0.2) is 8.42 Å². The van der Waals surface area contributed by atoms with E-state index in [9.17, 15) is 13.2 Å². The second-order valence-corrected chi connectivity index (χ2v) is 6.88. The Hall–Kier alpha value is -1.16. The molecule has 1 atom stereocenters. The van der Waals surface area contributed by atoms with Crippen molar-refractivity contribution in [3.8, 4) is 0 Å². The first kappa shape index (κ1) is 14.9. The maximum Gasteiger partial charge on any atom is 0.157 e. The predicted octanol–water partition coefficient (Wildman–Crippen LogP) is 2.26. The van der Waals surface area contributed by atoms with E-state index < -0.39 is 9.84 Å². The van der Waals surface area contributed by atoms with E-state index in [1.54, 1.807) is 0 Å². The van der Waals surface area contributed by atoms with Gasteiger partial charge in [0.05, 0.1) is 5.75 Å². The van der Waals surface area contributed by atoms with Crippen LogP contribution in [0.4, 0.5) is 0 Å². The Morgan fingerprint density at radius 2 is 1.83 bits per heavy atom. The summed E-state index contributed by atoms with van der Waals surface area (Å²) in [5.41, 5.74) is 0.862. The molecular formula is C14H20O3S. The lowest BCUT2D eigenvalue weighted by molar-refractivity contribution is -0.116. The summed E-state index contributed by atoms with van der Waals surface area (Å²) in [6.45, 7) is 3.84. The smallest absolute Gasteiger partial charge is 0.157 e. The molecule has 0 amide bonds. The van der Waals surface area contributed by atoms with E-state index in [0.717, 1.165) is 12.0 Å². The lowest BCUT2D eigenvalue weighted by Gasteiger charge is -2.08. The summed E-state index contributed by atoms with van der Waals surface area (Å²) in [5, 5.41) is 0. The molecule has 0 radical (unpaired) electrons. The topological polar surface area (TPSA) is 51.2 Å². The molecule has 1 aromatic carbocycles. The number of hydrogen-bond donors (Lipinski definition) is 0. The summed E-state index contributed by atoms with van der Waals surface area (Å²) in [7, 11) is -3.26. The molecule has 0 bridgehead atoms. The minimum absolute atomic E-state index is 0.101. The summed E-state index contributed by atoms with van der Waals surface area (Å²) in [6.07, 6.45) is 1.01. The lowest BCUT2D eigenvalue weighted by Crippen LogP contribution is -2.23. The van der Waals surface area contributed by atoms with Gasteiger partial charge in [0, 0.05) is 6.42 Å². The molecule has 0 aliphatic carbocycles. The fourth-order valence-electron chi connectivity index (χ4n) is 1.73. The van der Waals surface area contributed by atoms with Gasteiger partial charge < -0.3 is 0 Å². The molecule has 18 heavy (non-hydrogen) atoms. The molecule has 1 rings (SSSR count). The maximum absolute atomic E-state index is 11.8. The molecule has 0 aromatic heterocycles. The molecule has 0 N–H and O–H groups in total. The molecule has 0 fully saturated rings. The van der Waals surface area contributed by atoms with Crippen LogP contribution in [0.25, 0.3) is 0 Å². The van der Waals surface area contributed by atoms with Crippen molar-refractivity contribution in [1.29, 1.82) is 0 Å². The van der Waals surface area contributed by atoms with Crippen molar-refractivity contribution in [3.05, 3.63) is 35.9 Å². The van der Waals surface area contributed by atoms with Crippen LogP contribution in [-0.2, 0) is 21.1 Å². The summed E-state index contributed by atoms with van der Waals surface area (Å²) in [4.78, 5) is 11.7. The monoisotopic (exact) mass is 268 g/mol. The quantitative estimate of drug-likeness (QED) is 0.762. The van der Waals surface area contributed by atoms with E-state index in [-0.39, 0.29) is 29.6 Å². The SMILES string of the molecule is CCC(C)CS(=O)(=O)CC(=O)Cc1ccccc1. The largest absolute Gasteiger partial charge is 0.298 e. The molecule has 1 aromatic rings. The van der Waals surface area contributed by atoms with Crippen LogP contribution >= 0.6 is 0 Å². The summed E-state index contributed by atoms with van der Waals surface area (Å²) in [5.74, 6) is -0.361. The molecular weight excluding hydrogens is 248 g/mol. The van der Waals surface area contributed by atoms with E-state index >= 15 is 0 Å². The molecule has 4 heteroatoms. The molecule has 3 nitrogen and oxygen atoms in total. The molecule has 0 saturated carbocycles. The number of Topliss-reactive ketones (excluding diaryl/α,β-unsaturated/α-hetero) is 1. The summed E-state index contributed by atoms with van der Waals surface area (Å²) < 4.78 is 23.6. The van der Waals surface area contributed by atoms with E-state index in [2.05, 4.69) is 0 Å². The standard InChI is InChI=1S/C14H20O3S/c1-3-12(2)10-18(16,17)11-14(15)9-13-7-5-4-6-8-13/h4-8,12H,3,9-11H2,1-2H3. The van der Waals surface area contributed by atoms with Crippen LogP contribution in [0.2, 0.25) is 0 Å². The van der Waals surface area contributed by atoms with Crippen molar-refractivity contribution in [1.82, 2.24) is 0 Å². The van der Waals surface area contributed by atoms with Crippen LogP contribution in [0.5, 0.6) is 0 Å². The molecule has 0 aliphatic rings. The van der Waals surface area contributed by atoms with Crippen molar-refractivity contribution in [2.24, 2.45) is 5.92 Å². The molecule has 0 saturated heterocycles. The number of carbonyl (C=O) groups excluding carboxylic acids is 1. The molecule has 0 aliphatic heterocycles. The Bertz CT molecular complexity index is 477. The van der Waals surface area contributed by atoms with Gasteiger partial charge in [0.1, 0.15) is 5.75 Å². The fourth-order valence-corrected chi connectivity index (χ4v) is 3.54. The van der Waals surface area contributed by atoms with Crippen LogP contribution in [0.1, 0.15) is 25.8 Å². The molecule has 100 valence electrons. The third-order valence-electron chi connectivity index (χ3n) is 2.86. The Morgan fingerprint density at radius 1 is 1.22 bits per heavy atom. The first-order valence-electron chi connectivity index (χ1n) is 6.19. The van der Waals surface area contributed by atoms with Gasteiger partial charge in [-0.15, -0.1) is 0 Å². The third kappa shape index (κ3) is 5.45. The second kappa shape index (κ2) is 6.69. The minimum Gasteiger partial charge on any atom is -0.298 e. The van der Waals surface area contributed by atoms with Gasteiger partial charge in [-0.3, -0.25) is 4.79 Å². The third-order valence-corrected chi connectivity index (χ3v) is 4.70. The van der Waals surface area contributed by atoms with Gasteiger partial charge in [0.2, 0.25) is 0 Å². The normalized spacial score (nSPS) is 13.2. The molecule has 1 unspecified atom stereocenters. The average Bonchev–Trinajstić information content (AvgIpc) is 2.28. The number of rotatable bonds is 7. The number of sulfone groups is 1. The zero-order valence-corrected chi connectivity index (χ0v) is 11.7. The van der Waals surface area contributed by atoms with Crippen LogP contribution in [0.15, 0.2) is 30.3 Å².